The lowest BCUT2D eigenvalue weighted by Crippen LogP contribution is -2.29. The Hall–Kier alpha value is -2.77. The Morgan fingerprint density at radius 3 is 2.33 bits per heavy atom. The molecule has 208 valence electrons. The number of unbranched alkanes of at least 4 members (excludes halogenated alkanes) is 3. The Kier molecular flexibility index (Phi) is 13.4. The van der Waals surface area contributed by atoms with E-state index in [4.69, 9.17) is 22.1 Å². The molecule has 3 nitrogen and oxygen atoms in total. The molecule has 0 radical (unpaired) electrons. The first-order valence-electron chi connectivity index (χ1n) is 14.6. The maximum Gasteiger partial charge on any atom is 0.122 e. The number of nitrogens with one attached hydrogen (secondary N) is 1. The van der Waals surface area contributed by atoms with Gasteiger partial charge >= 0.3 is 0 Å². The first kappa shape index (κ1) is 30.8. The molecule has 0 bridgehead atoms. The number of hydrogen-bond acceptors (Lipinski definition) is 3. The maximum absolute atomic E-state index is 6.23. The van der Waals surface area contributed by atoms with Gasteiger partial charge < -0.3 is 15.8 Å². The van der Waals surface area contributed by atoms with Gasteiger partial charge in [0.25, 0.3) is 0 Å². The molecule has 0 saturated carbocycles. The van der Waals surface area contributed by atoms with Crippen molar-refractivity contribution in [3.8, 4) is 17.6 Å². The van der Waals surface area contributed by atoms with Crippen LogP contribution in [-0.4, -0.2) is 12.6 Å². The number of halogens is 1. The van der Waals surface area contributed by atoms with Crippen molar-refractivity contribution in [2.45, 2.75) is 91.3 Å². The molecule has 3 N–H and O–H groups in total. The summed E-state index contributed by atoms with van der Waals surface area (Å²) in [6, 6.07) is 20.9. The zero-order valence-corrected chi connectivity index (χ0v) is 24.7. The van der Waals surface area contributed by atoms with E-state index < -0.39 is 0 Å². The molecule has 0 aliphatic carbocycles. The average Bonchev–Trinajstić information content (AvgIpc) is 2.95. The summed E-state index contributed by atoms with van der Waals surface area (Å²) in [5.41, 5.74) is 12.8. The van der Waals surface area contributed by atoms with Crippen molar-refractivity contribution in [2.75, 3.05) is 6.61 Å². The normalized spacial score (nSPS) is 11.6. The molecule has 4 heteroatoms. The molecular formula is C35H45ClN2O. The summed E-state index contributed by atoms with van der Waals surface area (Å²) in [5, 5.41) is 4.57. The van der Waals surface area contributed by atoms with Crippen molar-refractivity contribution >= 4 is 11.6 Å². The van der Waals surface area contributed by atoms with E-state index in [0.29, 0.717) is 19.2 Å². The Morgan fingerprint density at radius 2 is 1.62 bits per heavy atom. The molecule has 0 spiro atoms. The summed E-state index contributed by atoms with van der Waals surface area (Å²) in [6.45, 7) is 8.68. The molecule has 3 aromatic rings. The van der Waals surface area contributed by atoms with Gasteiger partial charge in [-0.1, -0.05) is 87.6 Å². The highest BCUT2D eigenvalue weighted by atomic mass is 35.5. The molecule has 0 heterocycles. The molecule has 1 atom stereocenters. The van der Waals surface area contributed by atoms with E-state index in [1.807, 2.05) is 36.4 Å². The molecule has 0 saturated heterocycles. The van der Waals surface area contributed by atoms with Gasteiger partial charge in [-0.25, -0.2) is 0 Å². The van der Waals surface area contributed by atoms with Crippen molar-refractivity contribution < 1.29 is 4.74 Å². The first-order valence-corrected chi connectivity index (χ1v) is 14.9. The molecule has 0 aliphatic heterocycles. The molecule has 3 aromatic carbocycles. The maximum atomic E-state index is 6.23. The molecule has 0 aliphatic rings. The van der Waals surface area contributed by atoms with E-state index in [1.165, 1.54) is 61.6 Å². The minimum atomic E-state index is 0.551. The summed E-state index contributed by atoms with van der Waals surface area (Å²) in [6.07, 6.45) is 9.80. The third kappa shape index (κ3) is 10.7. The smallest absolute Gasteiger partial charge is 0.122 e. The molecule has 0 fully saturated rings. The van der Waals surface area contributed by atoms with Gasteiger partial charge in [-0.05, 0) is 84.5 Å². The van der Waals surface area contributed by atoms with Crippen LogP contribution < -0.4 is 15.8 Å². The Labute approximate surface area is 241 Å². The van der Waals surface area contributed by atoms with E-state index in [-0.39, 0.29) is 0 Å². The second-order valence-corrected chi connectivity index (χ2v) is 10.8. The van der Waals surface area contributed by atoms with E-state index in [0.717, 1.165) is 40.4 Å². The average molecular weight is 545 g/mol. The van der Waals surface area contributed by atoms with Crippen LogP contribution in [0.4, 0.5) is 0 Å². The largest absolute Gasteiger partial charge is 0.493 e. The number of rotatable bonds is 15. The van der Waals surface area contributed by atoms with Gasteiger partial charge in [0.15, 0.2) is 0 Å². The van der Waals surface area contributed by atoms with Crippen LogP contribution in [0.2, 0.25) is 5.02 Å². The second kappa shape index (κ2) is 17.0. The quantitative estimate of drug-likeness (QED) is 0.149. The first-order chi connectivity index (χ1) is 19.0. The summed E-state index contributed by atoms with van der Waals surface area (Å²) in [4.78, 5) is 0. The van der Waals surface area contributed by atoms with E-state index in [9.17, 15) is 0 Å². The second-order valence-electron chi connectivity index (χ2n) is 10.4. The van der Waals surface area contributed by atoms with Gasteiger partial charge in [-0.15, -0.1) is 0 Å². The van der Waals surface area contributed by atoms with Crippen LogP contribution in [0, 0.1) is 18.8 Å². The van der Waals surface area contributed by atoms with E-state index in [2.05, 4.69) is 62.2 Å². The highest BCUT2D eigenvalue weighted by Crippen LogP contribution is 2.21. The van der Waals surface area contributed by atoms with Crippen LogP contribution in [0.1, 0.15) is 92.2 Å². The van der Waals surface area contributed by atoms with Crippen LogP contribution in [0.15, 0.2) is 60.7 Å². The zero-order chi connectivity index (χ0) is 27.9. The van der Waals surface area contributed by atoms with Gasteiger partial charge in [-0.2, -0.15) is 0 Å². The number of hydrogen-bond donors (Lipinski definition) is 2. The minimum Gasteiger partial charge on any atom is -0.493 e. The molecule has 3 rings (SSSR count). The fourth-order valence-electron chi connectivity index (χ4n) is 4.82. The monoisotopic (exact) mass is 544 g/mol. The zero-order valence-electron chi connectivity index (χ0n) is 24.0. The molecule has 1 unspecified atom stereocenters. The fraction of sp³-hybridized carbons (Fsp3) is 0.429. The van der Waals surface area contributed by atoms with Crippen LogP contribution in [0.3, 0.4) is 0 Å². The number of nitrogens with two attached hydrogens (primary N) is 1. The number of aryl methyl sites for hydroxylation is 1. The van der Waals surface area contributed by atoms with Crippen molar-refractivity contribution in [3.63, 3.8) is 0 Å². The number of benzene rings is 3. The van der Waals surface area contributed by atoms with Crippen LogP contribution in [0.5, 0.6) is 5.75 Å². The Balaban J connectivity index is 1.59. The molecule has 0 amide bonds. The van der Waals surface area contributed by atoms with Crippen molar-refractivity contribution in [2.24, 2.45) is 5.73 Å². The lowest BCUT2D eigenvalue weighted by molar-refractivity contribution is 0.319. The fourth-order valence-corrected chi connectivity index (χ4v) is 4.94. The summed E-state index contributed by atoms with van der Waals surface area (Å²) in [7, 11) is 0. The molecular weight excluding hydrogens is 500 g/mol. The van der Waals surface area contributed by atoms with Crippen molar-refractivity contribution in [1.82, 2.24) is 5.32 Å². The summed E-state index contributed by atoms with van der Waals surface area (Å²) < 4.78 is 6.23. The van der Waals surface area contributed by atoms with Gasteiger partial charge in [0, 0.05) is 41.7 Å². The minimum absolute atomic E-state index is 0.551. The highest BCUT2D eigenvalue weighted by Gasteiger charge is 2.10. The van der Waals surface area contributed by atoms with Gasteiger partial charge in [-0.3, -0.25) is 0 Å². The molecule has 0 aromatic heterocycles. The Morgan fingerprint density at radius 1 is 0.846 bits per heavy atom. The van der Waals surface area contributed by atoms with E-state index >= 15 is 0 Å². The van der Waals surface area contributed by atoms with Gasteiger partial charge in [0.1, 0.15) is 5.75 Å². The van der Waals surface area contributed by atoms with Crippen molar-refractivity contribution in [1.29, 1.82) is 0 Å². The highest BCUT2D eigenvalue weighted by molar-refractivity contribution is 6.30. The van der Waals surface area contributed by atoms with Crippen LogP contribution in [0.25, 0.3) is 0 Å². The molecule has 39 heavy (non-hydrogen) atoms. The summed E-state index contributed by atoms with van der Waals surface area (Å²) in [5.74, 6) is 7.33. The lowest BCUT2D eigenvalue weighted by Gasteiger charge is -2.20. The lowest BCUT2D eigenvalue weighted by atomic mass is 9.99. The Bertz CT molecular complexity index is 1210. The van der Waals surface area contributed by atoms with E-state index in [1.54, 1.807) is 0 Å². The van der Waals surface area contributed by atoms with Crippen LogP contribution in [-0.2, 0) is 19.5 Å². The predicted molar refractivity (Wildman–Crippen MR) is 166 cm³/mol. The van der Waals surface area contributed by atoms with Gasteiger partial charge in [0.2, 0.25) is 0 Å². The third-order valence-electron chi connectivity index (χ3n) is 7.13. The van der Waals surface area contributed by atoms with Crippen molar-refractivity contribution in [3.05, 3.63) is 99.1 Å². The number of ether oxygens (including phenoxy) is 1. The predicted octanol–water partition coefficient (Wildman–Crippen LogP) is 8.36. The standard InChI is InChI=1S/C35H45ClN2O/c1-4-6-7-8-10-34(9-5-2)38-26-32-17-13-30(25-37)24-31(32)21-22-39-35-20-16-29(23-27(35)3)12-11-28-14-18-33(36)19-15-28/h13-20,23-24,34,38H,4-10,21-22,25-26,37H2,1-3H3. The SMILES string of the molecule is CCCCCCC(CCC)NCc1ccc(CN)cc1CCOc1ccc(C#Cc2ccc(Cl)cc2)cc1C. The summed E-state index contributed by atoms with van der Waals surface area (Å²) >= 11 is 5.97. The van der Waals surface area contributed by atoms with Crippen LogP contribution >= 0.6 is 11.6 Å². The topological polar surface area (TPSA) is 47.3 Å². The third-order valence-corrected chi connectivity index (χ3v) is 7.38. The van der Waals surface area contributed by atoms with Gasteiger partial charge in [0.05, 0.1) is 6.61 Å².